The Morgan fingerprint density at radius 2 is 1.67 bits per heavy atom. The van der Waals surface area contributed by atoms with E-state index in [0.717, 1.165) is 5.56 Å². The van der Waals surface area contributed by atoms with E-state index in [0.29, 0.717) is 50.5 Å². The first-order valence-electron chi connectivity index (χ1n) is 11.1. The molecule has 0 fully saturated rings. The van der Waals surface area contributed by atoms with Crippen LogP contribution in [0.3, 0.4) is 0 Å². The highest BCUT2D eigenvalue weighted by Crippen LogP contribution is 2.38. The van der Waals surface area contributed by atoms with E-state index in [1.165, 1.54) is 6.07 Å². The first-order chi connectivity index (χ1) is 17.6. The van der Waals surface area contributed by atoms with E-state index in [9.17, 15) is 0 Å². The maximum absolute atomic E-state index is 15.2. The van der Waals surface area contributed by atoms with Crippen LogP contribution in [0.5, 0.6) is 23.0 Å². The summed E-state index contributed by atoms with van der Waals surface area (Å²) >= 11 is 5.69. The number of methoxy groups -OCH3 is 2. The highest BCUT2D eigenvalue weighted by Gasteiger charge is 2.14. The molecule has 0 aliphatic carbocycles. The van der Waals surface area contributed by atoms with E-state index < -0.39 is 5.82 Å². The van der Waals surface area contributed by atoms with E-state index in [1.807, 2.05) is 34.9 Å². The van der Waals surface area contributed by atoms with Gasteiger partial charge in [0.15, 0.2) is 23.1 Å². The van der Waals surface area contributed by atoms with Crippen LogP contribution < -0.4 is 14.2 Å². The smallest absolute Gasteiger partial charge is 0.166 e. The molecule has 8 heteroatoms. The van der Waals surface area contributed by atoms with Gasteiger partial charge < -0.3 is 18.8 Å². The molecule has 0 amide bonds. The van der Waals surface area contributed by atoms with E-state index in [4.69, 9.17) is 26.4 Å². The molecule has 180 valence electrons. The van der Waals surface area contributed by atoms with Crippen molar-refractivity contribution in [3.8, 4) is 34.1 Å². The first-order valence-corrected chi connectivity index (χ1v) is 11.5. The Morgan fingerprint density at radius 3 is 2.42 bits per heavy atom. The molecular formula is C28H22FN3O3S. The van der Waals surface area contributed by atoms with Crippen molar-refractivity contribution in [1.29, 1.82) is 0 Å². The van der Waals surface area contributed by atoms with Crippen LogP contribution in [0.4, 0.5) is 4.39 Å². The summed E-state index contributed by atoms with van der Waals surface area (Å²) in [6.07, 6.45) is 4.93. The molecule has 0 atom stereocenters. The van der Waals surface area contributed by atoms with Gasteiger partial charge in [-0.15, -0.1) is 0 Å². The van der Waals surface area contributed by atoms with Crippen LogP contribution in [0.2, 0.25) is 0 Å². The van der Waals surface area contributed by atoms with Crippen LogP contribution in [0.15, 0.2) is 85.5 Å². The number of halogens is 1. The van der Waals surface area contributed by atoms with E-state index in [-0.39, 0.29) is 5.75 Å². The summed E-state index contributed by atoms with van der Waals surface area (Å²) in [5, 5.41) is 0.667. The molecule has 0 radical (unpaired) electrons. The average Bonchev–Trinajstić information content (AvgIpc) is 2.91. The molecule has 0 aliphatic heterocycles. The third-order valence-corrected chi connectivity index (χ3v) is 6.22. The van der Waals surface area contributed by atoms with E-state index >= 15 is 4.39 Å². The molecule has 5 rings (SSSR count). The highest BCUT2D eigenvalue weighted by molar-refractivity contribution is 7.71. The lowest BCUT2D eigenvalue weighted by atomic mass is 10.1. The number of fused-ring (bicyclic) bond motifs is 1. The fourth-order valence-electron chi connectivity index (χ4n) is 3.95. The first kappa shape index (κ1) is 23.4. The Balaban J connectivity index is 1.46. The molecule has 0 bridgehead atoms. The molecule has 0 N–H and O–H groups in total. The Morgan fingerprint density at radius 1 is 0.889 bits per heavy atom. The number of aromatic nitrogens is 3. The zero-order valence-electron chi connectivity index (χ0n) is 19.6. The van der Waals surface area contributed by atoms with Crippen LogP contribution in [-0.2, 0) is 6.54 Å². The predicted molar refractivity (Wildman–Crippen MR) is 139 cm³/mol. The number of hydrogen-bond acceptors (Lipinski definition) is 6. The molecule has 3 aromatic carbocycles. The highest BCUT2D eigenvalue weighted by atomic mass is 32.1. The Hall–Kier alpha value is -4.30. The summed E-state index contributed by atoms with van der Waals surface area (Å²) in [7, 11) is 3.11. The van der Waals surface area contributed by atoms with Crippen molar-refractivity contribution in [2.75, 3.05) is 14.2 Å². The molecule has 5 aromatic rings. The summed E-state index contributed by atoms with van der Waals surface area (Å²) in [5.41, 5.74) is 3.02. The number of hydrogen-bond donors (Lipinski definition) is 0. The molecule has 0 unspecified atom stereocenters. The van der Waals surface area contributed by atoms with Gasteiger partial charge in [0.1, 0.15) is 10.4 Å². The number of rotatable bonds is 7. The van der Waals surface area contributed by atoms with Gasteiger partial charge in [-0.25, -0.2) is 9.37 Å². The van der Waals surface area contributed by atoms with Crippen molar-refractivity contribution in [2.24, 2.45) is 0 Å². The predicted octanol–water partition coefficient (Wildman–Crippen LogP) is 6.82. The minimum Gasteiger partial charge on any atom is -0.493 e. The maximum atomic E-state index is 15.2. The van der Waals surface area contributed by atoms with Crippen LogP contribution >= 0.6 is 12.2 Å². The van der Waals surface area contributed by atoms with Gasteiger partial charge in [0.25, 0.3) is 0 Å². The average molecular weight is 500 g/mol. The normalized spacial score (nSPS) is 10.9. The molecular weight excluding hydrogens is 477 g/mol. The third-order valence-electron chi connectivity index (χ3n) is 5.77. The standard InChI is InChI=1S/C28H22FN3O3S/c1-33-26-13-20-23(14-27(26)34-2)31-11-10-24(20)35-25-9-8-19(12-22(25)29)21-15-30-17-32(28(21)36)16-18-6-4-3-5-7-18/h3-15,17H,16H2,1-2H3. The number of ether oxygens (including phenoxy) is 3. The largest absolute Gasteiger partial charge is 0.493 e. The Labute approximate surface area is 212 Å². The van der Waals surface area contributed by atoms with Gasteiger partial charge in [-0.05, 0) is 35.4 Å². The minimum atomic E-state index is -0.522. The van der Waals surface area contributed by atoms with Gasteiger partial charge in [0.2, 0.25) is 0 Å². The fraction of sp³-hybridized carbons (Fsp3) is 0.107. The SMILES string of the molecule is COc1cc2nccc(Oc3ccc(-c4cncn(Cc5ccccc5)c4=S)cc3F)c2cc1OC. The Bertz CT molecular complexity index is 1610. The fourth-order valence-corrected chi connectivity index (χ4v) is 4.23. The van der Waals surface area contributed by atoms with Gasteiger partial charge in [-0.3, -0.25) is 4.98 Å². The second-order valence-electron chi connectivity index (χ2n) is 8.01. The quantitative estimate of drug-likeness (QED) is 0.229. The second kappa shape index (κ2) is 10.1. The van der Waals surface area contributed by atoms with Crippen molar-refractivity contribution in [3.63, 3.8) is 0 Å². The molecule has 2 aromatic heterocycles. The molecule has 0 spiro atoms. The molecule has 0 saturated carbocycles. The van der Waals surface area contributed by atoms with Crippen molar-refractivity contribution in [2.45, 2.75) is 6.54 Å². The maximum Gasteiger partial charge on any atom is 0.166 e. The lowest BCUT2D eigenvalue weighted by Gasteiger charge is -2.13. The van der Waals surface area contributed by atoms with Gasteiger partial charge >= 0.3 is 0 Å². The zero-order valence-corrected chi connectivity index (χ0v) is 20.5. The monoisotopic (exact) mass is 499 g/mol. The summed E-state index contributed by atoms with van der Waals surface area (Å²) in [4.78, 5) is 8.68. The van der Waals surface area contributed by atoms with Crippen molar-refractivity contribution in [1.82, 2.24) is 14.5 Å². The summed E-state index contributed by atoms with van der Waals surface area (Å²) < 4.78 is 34.4. The second-order valence-corrected chi connectivity index (χ2v) is 8.39. The van der Waals surface area contributed by atoms with Gasteiger partial charge in [0, 0.05) is 36.0 Å². The van der Waals surface area contributed by atoms with E-state index in [2.05, 4.69) is 9.97 Å². The van der Waals surface area contributed by atoms with Crippen molar-refractivity contribution >= 4 is 23.1 Å². The van der Waals surface area contributed by atoms with Crippen LogP contribution in [0, 0.1) is 10.5 Å². The molecule has 0 saturated heterocycles. The number of nitrogens with zero attached hydrogens (tertiary/aromatic N) is 3. The molecule has 2 heterocycles. The van der Waals surface area contributed by atoms with Crippen molar-refractivity contribution < 1.29 is 18.6 Å². The molecule has 6 nitrogen and oxygen atoms in total. The van der Waals surface area contributed by atoms with Crippen molar-refractivity contribution in [3.05, 3.63) is 101 Å². The summed E-state index contributed by atoms with van der Waals surface area (Å²) in [6.45, 7) is 0.577. The lowest BCUT2D eigenvalue weighted by Crippen LogP contribution is -2.04. The Kier molecular flexibility index (Phi) is 6.60. The third kappa shape index (κ3) is 4.63. The van der Waals surface area contributed by atoms with E-state index in [1.54, 1.807) is 63.3 Å². The van der Waals surface area contributed by atoms with Gasteiger partial charge in [-0.2, -0.15) is 0 Å². The van der Waals surface area contributed by atoms with Crippen LogP contribution in [0.25, 0.3) is 22.0 Å². The topological polar surface area (TPSA) is 58.4 Å². The zero-order chi connectivity index (χ0) is 25.1. The summed E-state index contributed by atoms with van der Waals surface area (Å²) in [6, 6.07) is 19.9. The van der Waals surface area contributed by atoms with Crippen LogP contribution in [-0.4, -0.2) is 28.8 Å². The molecule has 36 heavy (non-hydrogen) atoms. The minimum absolute atomic E-state index is 0.0769. The number of benzene rings is 3. The van der Waals surface area contributed by atoms with Gasteiger partial charge in [-0.1, -0.05) is 48.6 Å². The van der Waals surface area contributed by atoms with Gasteiger partial charge in [0.05, 0.1) is 26.1 Å². The lowest BCUT2D eigenvalue weighted by molar-refractivity contribution is 0.355. The molecule has 0 aliphatic rings. The summed E-state index contributed by atoms with van der Waals surface area (Å²) in [5.74, 6) is 1.07. The number of pyridine rings is 1. The van der Waals surface area contributed by atoms with Crippen LogP contribution in [0.1, 0.15) is 5.56 Å².